The molecule has 0 spiro atoms. The van der Waals surface area contributed by atoms with Gasteiger partial charge in [0.1, 0.15) is 0 Å². The highest BCUT2D eigenvalue weighted by Gasteiger charge is 1.91. The van der Waals surface area contributed by atoms with Crippen molar-refractivity contribution in [2.24, 2.45) is 21.5 Å². The zero-order valence-electron chi connectivity index (χ0n) is 5.05. The van der Waals surface area contributed by atoms with Crippen molar-refractivity contribution in [2.75, 3.05) is 14.1 Å². The molecule has 0 aromatic rings. The summed E-state index contributed by atoms with van der Waals surface area (Å²) >= 11 is 0. The van der Waals surface area contributed by atoms with Crippen molar-refractivity contribution in [3.8, 4) is 0 Å². The Bertz CT molecular complexity index is 108. The van der Waals surface area contributed by atoms with Crippen molar-refractivity contribution in [3.63, 3.8) is 0 Å². The summed E-state index contributed by atoms with van der Waals surface area (Å²) in [5, 5.41) is 0. The molecule has 0 bridgehead atoms. The van der Waals surface area contributed by atoms with Gasteiger partial charge in [-0.3, -0.25) is 9.98 Å². The van der Waals surface area contributed by atoms with Gasteiger partial charge in [0.05, 0.1) is 0 Å². The average Bonchev–Trinajstić information content (AvgIpc) is 1.84. The number of amidine groups is 2. The summed E-state index contributed by atoms with van der Waals surface area (Å²) in [6.45, 7) is 0. The van der Waals surface area contributed by atoms with E-state index in [4.69, 9.17) is 11.5 Å². The lowest BCUT2D eigenvalue weighted by Crippen LogP contribution is -2.30. The highest BCUT2D eigenvalue weighted by atomic mass is 14.9. The molecule has 0 atom stereocenters. The van der Waals surface area contributed by atoms with Crippen LogP contribution in [0.2, 0.25) is 0 Å². The first kappa shape index (κ1) is 6.94. The topological polar surface area (TPSA) is 76.8 Å². The highest BCUT2D eigenvalue weighted by molar-refractivity contribution is 6.39. The van der Waals surface area contributed by atoms with E-state index in [0.29, 0.717) is 0 Å². The smallest absolute Gasteiger partial charge is 0.160 e. The van der Waals surface area contributed by atoms with Gasteiger partial charge in [0, 0.05) is 14.1 Å². The van der Waals surface area contributed by atoms with Crippen LogP contribution < -0.4 is 11.5 Å². The van der Waals surface area contributed by atoms with Crippen LogP contribution in [0.15, 0.2) is 9.98 Å². The first-order valence-corrected chi connectivity index (χ1v) is 2.17. The fraction of sp³-hybridized carbons (Fsp3) is 0.500. The maximum absolute atomic E-state index is 5.22. The molecule has 4 heteroatoms. The van der Waals surface area contributed by atoms with E-state index in [-0.39, 0.29) is 11.7 Å². The molecule has 4 nitrogen and oxygen atoms in total. The Morgan fingerprint density at radius 2 is 1.25 bits per heavy atom. The summed E-state index contributed by atoms with van der Waals surface area (Å²) in [6.07, 6.45) is 0. The Morgan fingerprint density at radius 3 is 1.38 bits per heavy atom. The van der Waals surface area contributed by atoms with E-state index in [0.717, 1.165) is 0 Å². The van der Waals surface area contributed by atoms with Crippen LogP contribution in [0.5, 0.6) is 0 Å². The number of nitrogens with zero attached hydrogens (tertiary/aromatic N) is 2. The maximum Gasteiger partial charge on any atom is 0.160 e. The Morgan fingerprint density at radius 1 is 1.00 bits per heavy atom. The number of aliphatic imine (C=N–C) groups is 2. The number of hydrogen-bond acceptors (Lipinski definition) is 2. The maximum atomic E-state index is 5.22. The summed E-state index contributed by atoms with van der Waals surface area (Å²) in [6, 6.07) is 0. The second kappa shape index (κ2) is 3.01. The van der Waals surface area contributed by atoms with E-state index >= 15 is 0 Å². The Hall–Kier alpha value is -1.06. The predicted molar refractivity (Wildman–Crippen MR) is 35.1 cm³/mol. The molecule has 0 rings (SSSR count). The van der Waals surface area contributed by atoms with E-state index < -0.39 is 0 Å². The van der Waals surface area contributed by atoms with Crippen molar-refractivity contribution in [1.29, 1.82) is 0 Å². The van der Waals surface area contributed by atoms with Gasteiger partial charge in [0.2, 0.25) is 0 Å². The van der Waals surface area contributed by atoms with Crippen LogP contribution in [0.25, 0.3) is 0 Å². The Kier molecular flexibility index (Phi) is 2.61. The van der Waals surface area contributed by atoms with Crippen molar-refractivity contribution in [3.05, 3.63) is 0 Å². The van der Waals surface area contributed by atoms with Gasteiger partial charge in [-0.1, -0.05) is 0 Å². The third-order valence-corrected chi connectivity index (χ3v) is 0.744. The molecule has 0 saturated heterocycles. The fourth-order valence-corrected chi connectivity index (χ4v) is 0.229. The first-order valence-electron chi connectivity index (χ1n) is 2.17. The fourth-order valence-electron chi connectivity index (χ4n) is 0.229. The Labute approximate surface area is 48.3 Å². The van der Waals surface area contributed by atoms with Crippen molar-refractivity contribution in [2.45, 2.75) is 0 Å². The molecule has 0 aliphatic carbocycles. The van der Waals surface area contributed by atoms with Crippen LogP contribution >= 0.6 is 0 Å². The molecular formula is C4H10N4. The van der Waals surface area contributed by atoms with Crippen molar-refractivity contribution >= 4 is 11.7 Å². The summed E-state index contributed by atoms with van der Waals surface area (Å²) in [5.41, 5.74) is 10.4. The average molecular weight is 114 g/mol. The zero-order chi connectivity index (χ0) is 6.57. The van der Waals surface area contributed by atoms with Crippen LogP contribution in [-0.2, 0) is 0 Å². The second-order valence-corrected chi connectivity index (χ2v) is 1.22. The molecule has 8 heavy (non-hydrogen) atoms. The number of nitrogens with two attached hydrogens (primary N) is 2. The van der Waals surface area contributed by atoms with Crippen molar-refractivity contribution in [1.82, 2.24) is 0 Å². The van der Waals surface area contributed by atoms with Crippen molar-refractivity contribution < 1.29 is 0 Å². The van der Waals surface area contributed by atoms with Crippen LogP contribution in [0.1, 0.15) is 0 Å². The summed E-state index contributed by atoms with van der Waals surface area (Å²) < 4.78 is 0. The summed E-state index contributed by atoms with van der Waals surface area (Å²) in [4.78, 5) is 7.20. The van der Waals surface area contributed by atoms with E-state index in [9.17, 15) is 0 Å². The molecule has 0 radical (unpaired) electrons. The summed E-state index contributed by atoms with van der Waals surface area (Å²) in [5.74, 6) is 0.569. The molecular weight excluding hydrogens is 104 g/mol. The molecule has 4 N–H and O–H groups in total. The van der Waals surface area contributed by atoms with Crippen LogP contribution in [-0.4, -0.2) is 25.8 Å². The Balaban J connectivity index is 4.04. The van der Waals surface area contributed by atoms with Crippen LogP contribution in [0, 0.1) is 0 Å². The van der Waals surface area contributed by atoms with Gasteiger partial charge in [0.25, 0.3) is 0 Å². The van der Waals surface area contributed by atoms with Crippen LogP contribution in [0.4, 0.5) is 0 Å². The van der Waals surface area contributed by atoms with Gasteiger partial charge in [-0.25, -0.2) is 0 Å². The minimum Gasteiger partial charge on any atom is -0.381 e. The summed E-state index contributed by atoms with van der Waals surface area (Å²) in [7, 11) is 3.13. The number of hydrogen-bond donors (Lipinski definition) is 2. The molecule has 0 unspecified atom stereocenters. The van der Waals surface area contributed by atoms with E-state index in [1.165, 1.54) is 0 Å². The third kappa shape index (κ3) is 1.59. The lowest BCUT2D eigenvalue weighted by Gasteiger charge is -1.92. The van der Waals surface area contributed by atoms with Crippen LogP contribution in [0.3, 0.4) is 0 Å². The first-order chi connectivity index (χ1) is 3.72. The predicted octanol–water partition coefficient (Wildman–Crippen LogP) is -1.04. The largest absolute Gasteiger partial charge is 0.381 e. The van der Waals surface area contributed by atoms with E-state index in [2.05, 4.69) is 9.98 Å². The quantitative estimate of drug-likeness (QED) is 0.312. The van der Waals surface area contributed by atoms with Gasteiger partial charge < -0.3 is 11.5 Å². The minimum absolute atomic E-state index is 0.285. The normalized spacial score (nSPS) is 14.2. The zero-order valence-corrected chi connectivity index (χ0v) is 5.05. The monoisotopic (exact) mass is 114 g/mol. The molecule has 0 aliphatic heterocycles. The molecule has 0 aliphatic rings. The molecule has 0 heterocycles. The molecule has 46 valence electrons. The highest BCUT2D eigenvalue weighted by Crippen LogP contribution is 1.65. The van der Waals surface area contributed by atoms with Gasteiger partial charge in [-0.05, 0) is 0 Å². The van der Waals surface area contributed by atoms with E-state index in [1.807, 2.05) is 0 Å². The van der Waals surface area contributed by atoms with E-state index in [1.54, 1.807) is 14.1 Å². The number of rotatable bonds is 0. The second-order valence-electron chi connectivity index (χ2n) is 1.22. The molecule has 0 saturated carbocycles. The molecule has 0 amide bonds. The lowest BCUT2D eigenvalue weighted by molar-refractivity contribution is 1.37. The van der Waals surface area contributed by atoms with Gasteiger partial charge in [-0.15, -0.1) is 0 Å². The van der Waals surface area contributed by atoms with Gasteiger partial charge in [0.15, 0.2) is 11.7 Å². The third-order valence-electron chi connectivity index (χ3n) is 0.744. The molecule has 0 fully saturated rings. The molecule has 0 aromatic heterocycles. The lowest BCUT2D eigenvalue weighted by atomic mass is 10.5. The van der Waals surface area contributed by atoms with Gasteiger partial charge in [-0.2, -0.15) is 0 Å². The molecule has 0 aromatic carbocycles. The SMILES string of the molecule is CN=C(N)C(N)=NC. The minimum atomic E-state index is 0.285. The standard InChI is InChI=1S/C4H10N4/c1-7-3(5)4(6)8-2/h1-2H3,(H2,5,7)(H2,6,8). The van der Waals surface area contributed by atoms with Gasteiger partial charge >= 0.3 is 0 Å².